The predicted molar refractivity (Wildman–Crippen MR) is 113 cm³/mol. The maximum Gasteiger partial charge on any atom is 0.193 e. The Morgan fingerprint density at radius 1 is 1.29 bits per heavy atom. The van der Waals surface area contributed by atoms with Gasteiger partial charge in [-0.1, -0.05) is 18.2 Å². The summed E-state index contributed by atoms with van der Waals surface area (Å²) < 4.78 is 25.7. The van der Waals surface area contributed by atoms with E-state index in [1.807, 2.05) is 35.6 Å². The molecule has 2 aromatic rings. The maximum absolute atomic E-state index is 12.3. The van der Waals surface area contributed by atoms with Gasteiger partial charge in [0.25, 0.3) is 0 Å². The van der Waals surface area contributed by atoms with E-state index in [-0.39, 0.29) is 5.75 Å². The molecule has 1 aliphatic heterocycles. The van der Waals surface area contributed by atoms with E-state index < -0.39 is 14.6 Å². The second kappa shape index (κ2) is 7.58. The number of nitrogens with one attached hydrogen (secondary N) is 1. The molecule has 7 nitrogen and oxygen atoms in total. The van der Waals surface area contributed by atoms with Gasteiger partial charge in [-0.05, 0) is 45.4 Å². The van der Waals surface area contributed by atoms with Gasteiger partial charge in [-0.2, -0.15) is 5.10 Å². The van der Waals surface area contributed by atoms with Crippen molar-refractivity contribution in [1.29, 1.82) is 0 Å². The molecule has 1 saturated heterocycles. The number of sulfone groups is 1. The Kier molecular flexibility index (Phi) is 5.52. The van der Waals surface area contributed by atoms with Gasteiger partial charge in [-0.3, -0.25) is 4.99 Å². The number of aliphatic imine (C=N–C) groups is 1. The molecule has 1 aromatic carbocycles. The van der Waals surface area contributed by atoms with Crippen LogP contribution in [0.15, 0.2) is 35.3 Å². The summed E-state index contributed by atoms with van der Waals surface area (Å²) in [6, 6.07) is 10.2. The molecule has 1 N–H and O–H groups in total. The van der Waals surface area contributed by atoms with Crippen molar-refractivity contribution in [3.8, 4) is 5.69 Å². The second-order valence-electron chi connectivity index (χ2n) is 7.87. The van der Waals surface area contributed by atoms with Crippen LogP contribution in [0.4, 0.5) is 0 Å². The van der Waals surface area contributed by atoms with Crippen LogP contribution in [0.1, 0.15) is 30.8 Å². The summed E-state index contributed by atoms with van der Waals surface area (Å²) >= 11 is 0. The van der Waals surface area contributed by atoms with E-state index >= 15 is 0 Å². The van der Waals surface area contributed by atoms with Crippen LogP contribution in [0.2, 0.25) is 0 Å². The molecule has 152 valence electrons. The van der Waals surface area contributed by atoms with Gasteiger partial charge in [0.1, 0.15) is 0 Å². The summed E-state index contributed by atoms with van der Waals surface area (Å²) in [5, 5.41) is 7.99. The number of guanidine groups is 1. The maximum atomic E-state index is 12.3. The topological polar surface area (TPSA) is 79.6 Å². The largest absolute Gasteiger partial charge is 0.352 e. The smallest absolute Gasteiger partial charge is 0.193 e. The van der Waals surface area contributed by atoms with Gasteiger partial charge in [0.15, 0.2) is 15.8 Å². The number of para-hydroxylation sites is 1. The average molecular weight is 404 g/mol. The molecular weight excluding hydrogens is 374 g/mol. The summed E-state index contributed by atoms with van der Waals surface area (Å²) in [6.07, 6.45) is 0. The Bertz CT molecular complexity index is 992. The molecule has 3 rings (SSSR count). The lowest BCUT2D eigenvalue weighted by atomic mass is 10.1. The number of benzene rings is 1. The third-order valence-electron chi connectivity index (χ3n) is 5.22. The average Bonchev–Trinajstić information content (AvgIpc) is 2.97. The van der Waals surface area contributed by atoms with Crippen LogP contribution in [-0.4, -0.2) is 59.7 Å². The molecule has 0 unspecified atom stereocenters. The van der Waals surface area contributed by atoms with E-state index in [1.54, 1.807) is 20.9 Å². The molecule has 0 aliphatic carbocycles. The van der Waals surface area contributed by atoms with Crippen LogP contribution in [-0.2, 0) is 16.4 Å². The number of hydrogen-bond donors (Lipinski definition) is 1. The molecule has 1 aromatic heterocycles. The summed E-state index contributed by atoms with van der Waals surface area (Å²) in [4.78, 5) is 6.40. The SMILES string of the molecule is CN=C(NCc1ccccc1-n1nc(C)cc1C)N1CCS(=O)(=O)C(C)(C)C1. The first-order valence-electron chi connectivity index (χ1n) is 9.44. The molecule has 0 spiro atoms. The van der Waals surface area contributed by atoms with Crippen LogP contribution in [0, 0.1) is 13.8 Å². The third kappa shape index (κ3) is 3.92. The predicted octanol–water partition coefficient (Wildman–Crippen LogP) is 2.07. The van der Waals surface area contributed by atoms with Gasteiger partial charge >= 0.3 is 0 Å². The van der Waals surface area contributed by atoms with Crippen LogP contribution in [0.25, 0.3) is 5.69 Å². The van der Waals surface area contributed by atoms with Gasteiger partial charge in [0.2, 0.25) is 0 Å². The molecule has 1 aliphatic rings. The van der Waals surface area contributed by atoms with Gasteiger partial charge in [-0.15, -0.1) is 0 Å². The molecule has 0 amide bonds. The minimum absolute atomic E-state index is 0.142. The van der Waals surface area contributed by atoms with E-state index in [0.29, 0.717) is 25.6 Å². The zero-order valence-electron chi connectivity index (χ0n) is 17.2. The highest BCUT2D eigenvalue weighted by Gasteiger charge is 2.40. The summed E-state index contributed by atoms with van der Waals surface area (Å²) in [6.45, 7) is 9.03. The fraction of sp³-hybridized carbons (Fsp3) is 0.500. The van der Waals surface area contributed by atoms with Crippen molar-refractivity contribution in [1.82, 2.24) is 20.0 Å². The van der Waals surface area contributed by atoms with Crippen LogP contribution in [0.5, 0.6) is 0 Å². The van der Waals surface area contributed by atoms with E-state index in [1.165, 1.54) is 0 Å². The first-order valence-corrected chi connectivity index (χ1v) is 11.1. The molecule has 0 bridgehead atoms. The van der Waals surface area contributed by atoms with Gasteiger partial charge in [-0.25, -0.2) is 13.1 Å². The van der Waals surface area contributed by atoms with Crippen LogP contribution in [0.3, 0.4) is 0 Å². The van der Waals surface area contributed by atoms with E-state index in [9.17, 15) is 8.42 Å². The second-order valence-corrected chi connectivity index (χ2v) is 10.6. The normalized spacial score (nSPS) is 18.9. The molecular formula is C20H29N5O2S. The Morgan fingerprint density at radius 2 is 2.00 bits per heavy atom. The Hall–Kier alpha value is -2.35. The van der Waals surface area contributed by atoms with Crippen molar-refractivity contribution in [2.75, 3.05) is 25.9 Å². The highest BCUT2D eigenvalue weighted by atomic mass is 32.2. The minimum atomic E-state index is -3.08. The fourth-order valence-electron chi connectivity index (χ4n) is 3.57. The molecule has 2 heterocycles. The van der Waals surface area contributed by atoms with E-state index in [0.717, 1.165) is 22.6 Å². The van der Waals surface area contributed by atoms with Gasteiger partial charge in [0.05, 0.1) is 21.9 Å². The zero-order chi connectivity index (χ0) is 20.5. The molecule has 8 heteroatoms. The first-order chi connectivity index (χ1) is 13.1. The lowest BCUT2D eigenvalue weighted by molar-refractivity contribution is 0.353. The number of hydrogen-bond acceptors (Lipinski definition) is 4. The lowest BCUT2D eigenvalue weighted by Gasteiger charge is -2.39. The Morgan fingerprint density at radius 3 is 2.61 bits per heavy atom. The molecule has 0 saturated carbocycles. The standard InChI is InChI=1S/C20H29N5O2S/c1-15-12-16(2)25(23-15)18-9-7-6-8-17(18)13-22-19(21-5)24-10-11-28(26,27)20(3,4)14-24/h6-9,12H,10-11,13-14H2,1-5H3,(H,21,22). The van der Waals surface area contributed by atoms with Crippen LogP contribution >= 0.6 is 0 Å². The van der Waals surface area contributed by atoms with Gasteiger partial charge < -0.3 is 10.2 Å². The van der Waals surface area contributed by atoms with Crippen molar-refractivity contribution in [2.24, 2.45) is 4.99 Å². The Balaban J connectivity index is 1.78. The molecule has 1 fully saturated rings. The first kappa shape index (κ1) is 20.4. The highest BCUT2D eigenvalue weighted by Crippen LogP contribution is 2.24. The van der Waals surface area contributed by atoms with Crippen molar-refractivity contribution in [3.63, 3.8) is 0 Å². The fourth-order valence-corrected chi connectivity index (χ4v) is 4.94. The Labute approximate surface area is 167 Å². The molecule has 0 radical (unpaired) electrons. The quantitative estimate of drug-likeness (QED) is 0.627. The number of nitrogens with zero attached hydrogens (tertiary/aromatic N) is 4. The minimum Gasteiger partial charge on any atom is -0.352 e. The van der Waals surface area contributed by atoms with Crippen molar-refractivity contribution >= 4 is 15.8 Å². The summed E-state index contributed by atoms with van der Waals surface area (Å²) in [7, 11) is -1.36. The van der Waals surface area contributed by atoms with Crippen LogP contribution < -0.4 is 5.32 Å². The van der Waals surface area contributed by atoms with Crippen molar-refractivity contribution < 1.29 is 8.42 Å². The third-order valence-corrected chi connectivity index (χ3v) is 7.75. The molecule has 28 heavy (non-hydrogen) atoms. The van der Waals surface area contributed by atoms with E-state index in [4.69, 9.17) is 0 Å². The highest BCUT2D eigenvalue weighted by molar-refractivity contribution is 7.92. The molecule has 0 atom stereocenters. The monoisotopic (exact) mass is 403 g/mol. The van der Waals surface area contributed by atoms with Crippen molar-refractivity contribution in [2.45, 2.75) is 39.0 Å². The summed E-state index contributed by atoms with van der Waals surface area (Å²) in [5.41, 5.74) is 4.18. The van der Waals surface area contributed by atoms with E-state index in [2.05, 4.69) is 33.6 Å². The summed E-state index contributed by atoms with van der Waals surface area (Å²) in [5.74, 6) is 0.856. The van der Waals surface area contributed by atoms with Gasteiger partial charge in [0, 0.05) is 32.4 Å². The van der Waals surface area contributed by atoms with Crippen molar-refractivity contribution in [3.05, 3.63) is 47.3 Å². The number of rotatable bonds is 3. The zero-order valence-corrected chi connectivity index (χ0v) is 18.0. The number of aromatic nitrogens is 2. The number of aryl methyl sites for hydroxylation is 2. The lowest BCUT2D eigenvalue weighted by Crippen LogP contribution is -2.57.